The highest BCUT2D eigenvalue weighted by atomic mass is 32.1. The number of ether oxygens (including phenoxy) is 2. The number of aryl methyl sites for hydroxylation is 1. The van der Waals surface area contributed by atoms with E-state index in [0.29, 0.717) is 11.5 Å². The number of fused-ring (bicyclic) bond motifs is 1. The van der Waals surface area contributed by atoms with E-state index >= 15 is 0 Å². The highest BCUT2D eigenvalue weighted by Gasteiger charge is 2.29. The van der Waals surface area contributed by atoms with E-state index in [-0.39, 0.29) is 11.6 Å². The van der Waals surface area contributed by atoms with Crippen LogP contribution in [0.3, 0.4) is 0 Å². The fourth-order valence-electron chi connectivity index (χ4n) is 3.66. The van der Waals surface area contributed by atoms with Crippen LogP contribution in [0, 0.1) is 6.92 Å². The first-order valence-electron chi connectivity index (χ1n) is 8.91. The lowest BCUT2D eigenvalue weighted by Gasteiger charge is -2.25. The Morgan fingerprint density at radius 3 is 2.89 bits per heavy atom. The van der Waals surface area contributed by atoms with Crippen LogP contribution in [0.15, 0.2) is 29.1 Å². The molecule has 2 aromatic heterocycles. The molecule has 3 aromatic rings. The highest BCUT2D eigenvalue weighted by molar-refractivity contribution is 7.16. The van der Waals surface area contributed by atoms with Crippen molar-refractivity contribution < 1.29 is 9.47 Å². The number of methoxy groups -OCH3 is 2. The molecule has 0 bridgehead atoms. The van der Waals surface area contributed by atoms with E-state index in [9.17, 15) is 4.79 Å². The number of benzene rings is 1. The van der Waals surface area contributed by atoms with Gasteiger partial charge in [0.05, 0.1) is 20.8 Å². The molecule has 0 aliphatic carbocycles. The normalized spacial score (nSPS) is 17.5. The molecule has 142 valence electrons. The second-order valence-corrected chi connectivity index (χ2v) is 7.70. The van der Waals surface area contributed by atoms with Crippen LogP contribution in [-0.2, 0) is 6.54 Å². The zero-order chi connectivity index (χ0) is 19.0. The molecule has 0 saturated carbocycles. The van der Waals surface area contributed by atoms with Crippen LogP contribution < -0.4 is 15.0 Å². The summed E-state index contributed by atoms with van der Waals surface area (Å²) in [5.41, 5.74) is 1.75. The maximum atomic E-state index is 12.1. The zero-order valence-corrected chi connectivity index (χ0v) is 16.5. The van der Waals surface area contributed by atoms with E-state index in [1.54, 1.807) is 14.2 Å². The smallest absolute Gasteiger partial charge is 0.275 e. The van der Waals surface area contributed by atoms with Crippen molar-refractivity contribution in [3.05, 3.63) is 50.9 Å². The molecule has 1 aliphatic heterocycles. The third-order valence-corrected chi connectivity index (χ3v) is 5.81. The van der Waals surface area contributed by atoms with Crippen molar-refractivity contribution in [2.75, 3.05) is 20.8 Å². The van der Waals surface area contributed by atoms with Crippen molar-refractivity contribution in [1.29, 1.82) is 0 Å². The van der Waals surface area contributed by atoms with Gasteiger partial charge in [-0.2, -0.15) is 9.61 Å². The first-order chi connectivity index (χ1) is 13.1. The molecule has 1 fully saturated rings. The van der Waals surface area contributed by atoms with Gasteiger partial charge in [0.2, 0.25) is 4.96 Å². The van der Waals surface area contributed by atoms with Crippen LogP contribution in [0.1, 0.15) is 35.1 Å². The van der Waals surface area contributed by atoms with Crippen LogP contribution in [0.25, 0.3) is 4.96 Å². The fraction of sp³-hybridized carbons (Fsp3) is 0.421. The van der Waals surface area contributed by atoms with Crippen molar-refractivity contribution in [1.82, 2.24) is 19.5 Å². The number of hydrogen-bond donors (Lipinski definition) is 0. The van der Waals surface area contributed by atoms with Crippen molar-refractivity contribution >= 4 is 16.3 Å². The van der Waals surface area contributed by atoms with E-state index in [2.05, 4.69) is 21.0 Å². The molecule has 0 spiro atoms. The largest absolute Gasteiger partial charge is 0.497 e. The molecule has 1 saturated heterocycles. The fourth-order valence-corrected chi connectivity index (χ4v) is 4.63. The Morgan fingerprint density at radius 2 is 2.11 bits per heavy atom. The summed E-state index contributed by atoms with van der Waals surface area (Å²) in [4.78, 5) is 19.6. The first-order valence-corrected chi connectivity index (χ1v) is 9.73. The van der Waals surface area contributed by atoms with Gasteiger partial charge in [-0.3, -0.25) is 9.69 Å². The van der Waals surface area contributed by atoms with Gasteiger partial charge in [-0.25, -0.2) is 4.98 Å². The monoisotopic (exact) mass is 386 g/mol. The number of aromatic nitrogens is 3. The Labute approximate surface area is 161 Å². The van der Waals surface area contributed by atoms with Gasteiger partial charge in [0.15, 0.2) is 0 Å². The molecule has 27 heavy (non-hydrogen) atoms. The van der Waals surface area contributed by atoms with Crippen molar-refractivity contribution in [2.45, 2.75) is 32.4 Å². The third kappa shape index (κ3) is 3.42. The molecule has 1 aromatic carbocycles. The Balaban J connectivity index is 1.63. The van der Waals surface area contributed by atoms with Gasteiger partial charge < -0.3 is 9.47 Å². The van der Waals surface area contributed by atoms with Crippen LogP contribution in [0.4, 0.5) is 0 Å². The molecule has 1 atom stereocenters. The Kier molecular flexibility index (Phi) is 4.84. The maximum absolute atomic E-state index is 12.1. The molecule has 4 rings (SSSR count). The van der Waals surface area contributed by atoms with E-state index in [4.69, 9.17) is 9.47 Å². The summed E-state index contributed by atoms with van der Waals surface area (Å²) in [7, 11) is 3.34. The average molecular weight is 386 g/mol. The third-order valence-electron chi connectivity index (χ3n) is 4.92. The molecule has 0 amide bonds. The molecular formula is C19H22N4O3S. The summed E-state index contributed by atoms with van der Waals surface area (Å²) in [5, 5.41) is 5.38. The van der Waals surface area contributed by atoms with Gasteiger partial charge in [-0.05, 0) is 32.4 Å². The van der Waals surface area contributed by atoms with E-state index in [1.165, 1.54) is 21.9 Å². The van der Waals surface area contributed by atoms with Crippen LogP contribution in [0.5, 0.6) is 11.5 Å². The molecule has 8 heteroatoms. The second-order valence-electron chi connectivity index (χ2n) is 6.66. The van der Waals surface area contributed by atoms with Gasteiger partial charge in [0.25, 0.3) is 5.56 Å². The topological polar surface area (TPSA) is 69.0 Å². The molecule has 3 heterocycles. The Hall–Kier alpha value is -2.45. The van der Waals surface area contributed by atoms with Gasteiger partial charge in [0, 0.05) is 29.4 Å². The van der Waals surface area contributed by atoms with Crippen LogP contribution in [-0.4, -0.2) is 40.3 Å². The Morgan fingerprint density at radius 1 is 1.26 bits per heavy atom. The standard InChI is InChI=1S/C19H22N4O3S/c1-12-9-18(24)23-19(20-12)27-17(21-23)11-22-8-4-5-15(22)14-7-6-13(25-2)10-16(14)26-3/h6-7,9-10,15H,4-5,8,11H2,1-3H3/t15-/m1/s1. The summed E-state index contributed by atoms with van der Waals surface area (Å²) in [6.45, 7) is 3.50. The van der Waals surface area contributed by atoms with Gasteiger partial charge >= 0.3 is 0 Å². The molecule has 1 aliphatic rings. The average Bonchev–Trinajstić information content (AvgIpc) is 3.28. The second kappa shape index (κ2) is 7.28. The minimum atomic E-state index is -0.130. The Bertz CT molecular complexity index is 1030. The predicted octanol–water partition coefficient (Wildman–Crippen LogP) is 2.81. The van der Waals surface area contributed by atoms with Gasteiger partial charge in [0.1, 0.15) is 16.5 Å². The zero-order valence-electron chi connectivity index (χ0n) is 15.6. The summed E-state index contributed by atoms with van der Waals surface area (Å²) >= 11 is 1.47. The molecule has 7 nitrogen and oxygen atoms in total. The quantitative estimate of drug-likeness (QED) is 0.672. The number of likely N-dealkylation sites (tertiary alicyclic amines) is 1. The van der Waals surface area contributed by atoms with Crippen molar-refractivity contribution in [3.63, 3.8) is 0 Å². The summed E-state index contributed by atoms with van der Waals surface area (Å²) in [6, 6.07) is 7.74. The minimum absolute atomic E-state index is 0.130. The number of rotatable bonds is 5. The van der Waals surface area contributed by atoms with E-state index in [0.717, 1.165) is 47.2 Å². The van der Waals surface area contributed by atoms with Gasteiger partial charge in [-0.1, -0.05) is 17.4 Å². The summed E-state index contributed by atoms with van der Waals surface area (Å²) < 4.78 is 12.3. The molecule has 0 unspecified atom stereocenters. The molecular weight excluding hydrogens is 364 g/mol. The lowest BCUT2D eigenvalue weighted by molar-refractivity contribution is 0.241. The van der Waals surface area contributed by atoms with E-state index < -0.39 is 0 Å². The lowest BCUT2D eigenvalue weighted by atomic mass is 10.0. The van der Waals surface area contributed by atoms with Gasteiger partial charge in [-0.15, -0.1) is 0 Å². The maximum Gasteiger partial charge on any atom is 0.275 e. The summed E-state index contributed by atoms with van der Waals surface area (Å²) in [6.07, 6.45) is 2.17. The van der Waals surface area contributed by atoms with Crippen LogP contribution >= 0.6 is 11.3 Å². The highest BCUT2D eigenvalue weighted by Crippen LogP contribution is 2.39. The minimum Gasteiger partial charge on any atom is -0.497 e. The van der Waals surface area contributed by atoms with Crippen molar-refractivity contribution in [2.24, 2.45) is 0 Å². The summed E-state index contributed by atoms with van der Waals surface area (Å²) in [5.74, 6) is 1.62. The van der Waals surface area contributed by atoms with Crippen LogP contribution in [0.2, 0.25) is 0 Å². The molecule has 0 radical (unpaired) electrons. The first kappa shape index (κ1) is 17.9. The lowest BCUT2D eigenvalue weighted by Crippen LogP contribution is -2.23. The van der Waals surface area contributed by atoms with Crippen molar-refractivity contribution in [3.8, 4) is 11.5 Å². The number of nitrogens with zero attached hydrogens (tertiary/aromatic N) is 4. The predicted molar refractivity (Wildman–Crippen MR) is 104 cm³/mol. The molecule has 0 N–H and O–H groups in total. The van der Waals surface area contributed by atoms with E-state index in [1.807, 2.05) is 19.1 Å². The SMILES string of the molecule is COc1ccc([C@H]2CCCN2Cc2nn3c(=O)cc(C)nc3s2)c(OC)c1. The number of hydrogen-bond acceptors (Lipinski definition) is 7.